The normalized spacial score (nSPS) is 12.3. The zero-order valence-electron chi connectivity index (χ0n) is 10.6. The molecule has 0 saturated heterocycles. The predicted octanol–water partition coefficient (Wildman–Crippen LogP) is 2.28. The number of benzene rings is 1. The molecule has 1 aromatic carbocycles. The number of amides is 1. The van der Waals surface area contributed by atoms with Gasteiger partial charge in [-0.2, -0.15) is 0 Å². The van der Waals surface area contributed by atoms with E-state index in [9.17, 15) is 13.2 Å². The lowest BCUT2D eigenvalue weighted by Gasteiger charge is -2.09. The van der Waals surface area contributed by atoms with Gasteiger partial charge in [0.15, 0.2) is 0 Å². The molecule has 1 amide bonds. The minimum absolute atomic E-state index is 0.107. The first-order valence-electron chi connectivity index (χ1n) is 5.56. The summed E-state index contributed by atoms with van der Waals surface area (Å²) in [6.07, 6.45) is 2.48. The van der Waals surface area contributed by atoms with Gasteiger partial charge >= 0.3 is 0 Å². The number of allylic oxidation sites excluding steroid dienone is 1. The Balaban J connectivity index is 3.08. The van der Waals surface area contributed by atoms with Crippen LogP contribution in [-0.4, -0.2) is 14.3 Å². The highest BCUT2D eigenvalue weighted by molar-refractivity contribution is 7.89. The van der Waals surface area contributed by atoms with Crippen LogP contribution < -0.4 is 10.5 Å². The van der Waals surface area contributed by atoms with Gasteiger partial charge in [0, 0.05) is 5.57 Å². The Morgan fingerprint density at radius 2 is 2.11 bits per heavy atom. The fourth-order valence-electron chi connectivity index (χ4n) is 1.40. The van der Waals surface area contributed by atoms with E-state index in [1.54, 1.807) is 13.0 Å². The molecule has 0 bridgehead atoms. The SMILES string of the molecule is CC/C=C(/C)C(=O)Nc1cc(S(N)(=O)=O)ccc1Cl. The quantitative estimate of drug-likeness (QED) is 0.836. The molecule has 0 aliphatic carbocycles. The van der Waals surface area contributed by atoms with Crippen molar-refractivity contribution in [1.29, 1.82) is 0 Å². The highest BCUT2D eigenvalue weighted by Crippen LogP contribution is 2.25. The van der Waals surface area contributed by atoms with E-state index in [-0.39, 0.29) is 21.5 Å². The van der Waals surface area contributed by atoms with Crippen LogP contribution in [0, 0.1) is 0 Å². The van der Waals surface area contributed by atoms with Crippen molar-refractivity contribution in [3.05, 3.63) is 34.9 Å². The van der Waals surface area contributed by atoms with Crippen molar-refractivity contribution in [2.24, 2.45) is 5.14 Å². The van der Waals surface area contributed by atoms with Crippen LogP contribution in [0.1, 0.15) is 20.3 Å². The van der Waals surface area contributed by atoms with Gasteiger partial charge in [0.1, 0.15) is 0 Å². The van der Waals surface area contributed by atoms with Crippen molar-refractivity contribution in [1.82, 2.24) is 0 Å². The van der Waals surface area contributed by atoms with E-state index in [0.29, 0.717) is 5.57 Å². The number of carbonyl (C=O) groups excluding carboxylic acids is 1. The molecule has 0 radical (unpaired) electrons. The number of primary sulfonamides is 1. The third kappa shape index (κ3) is 4.34. The fraction of sp³-hybridized carbons (Fsp3) is 0.250. The smallest absolute Gasteiger partial charge is 0.251 e. The molecule has 1 rings (SSSR count). The summed E-state index contributed by atoms with van der Waals surface area (Å²) >= 11 is 5.90. The Labute approximate surface area is 117 Å². The van der Waals surface area contributed by atoms with Crippen molar-refractivity contribution >= 4 is 33.2 Å². The number of sulfonamides is 1. The average Bonchev–Trinajstić information content (AvgIpc) is 2.30. The number of hydrogen-bond acceptors (Lipinski definition) is 3. The van der Waals surface area contributed by atoms with Crippen LogP contribution in [0.25, 0.3) is 0 Å². The maximum Gasteiger partial charge on any atom is 0.251 e. The molecule has 0 aliphatic rings. The van der Waals surface area contributed by atoms with Gasteiger partial charge in [0.25, 0.3) is 5.91 Å². The number of halogens is 1. The number of carbonyl (C=O) groups is 1. The van der Waals surface area contributed by atoms with Crippen molar-refractivity contribution in [3.8, 4) is 0 Å². The number of hydrogen-bond donors (Lipinski definition) is 2. The van der Waals surface area contributed by atoms with Crippen LogP contribution in [0.2, 0.25) is 5.02 Å². The topological polar surface area (TPSA) is 89.3 Å². The maximum absolute atomic E-state index is 11.8. The van der Waals surface area contributed by atoms with Crippen molar-refractivity contribution in [2.45, 2.75) is 25.2 Å². The Morgan fingerprint density at radius 1 is 1.47 bits per heavy atom. The van der Waals surface area contributed by atoms with Crippen LogP contribution in [-0.2, 0) is 14.8 Å². The number of nitrogens with two attached hydrogens (primary N) is 1. The van der Waals surface area contributed by atoms with Gasteiger partial charge in [-0.25, -0.2) is 13.6 Å². The molecule has 0 heterocycles. The van der Waals surface area contributed by atoms with Crippen molar-refractivity contribution in [3.63, 3.8) is 0 Å². The summed E-state index contributed by atoms with van der Waals surface area (Å²) in [7, 11) is -3.83. The Hall–Kier alpha value is -1.37. The monoisotopic (exact) mass is 302 g/mol. The highest BCUT2D eigenvalue weighted by Gasteiger charge is 2.13. The molecule has 0 aliphatic heterocycles. The van der Waals surface area contributed by atoms with E-state index >= 15 is 0 Å². The Bertz CT molecular complexity index is 624. The zero-order valence-corrected chi connectivity index (χ0v) is 12.2. The van der Waals surface area contributed by atoms with Gasteiger partial charge in [0.2, 0.25) is 10.0 Å². The lowest BCUT2D eigenvalue weighted by atomic mass is 10.2. The summed E-state index contributed by atoms with van der Waals surface area (Å²) in [6, 6.07) is 3.88. The third-order valence-corrected chi connectivity index (χ3v) is 3.62. The fourth-order valence-corrected chi connectivity index (χ4v) is 2.10. The molecule has 0 unspecified atom stereocenters. The number of rotatable bonds is 4. The second kappa shape index (κ2) is 6.18. The van der Waals surface area contributed by atoms with Crippen LogP contribution in [0.4, 0.5) is 5.69 Å². The summed E-state index contributed by atoms with van der Waals surface area (Å²) in [5.74, 6) is -0.338. The van der Waals surface area contributed by atoms with Crippen LogP contribution in [0.3, 0.4) is 0 Å². The van der Waals surface area contributed by atoms with Gasteiger partial charge in [0.05, 0.1) is 15.6 Å². The molecule has 5 nitrogen and oxygen atoms in total. The molecular weight excluding hydrogens is 288 g/mol. The largest absolute Gasteiger partial charge is 0.321 e. The first-order valence-corrected chi connectivity index (χ1v) is 7.48. The molecular formula is C12H15ClN2O3S. The van der Waals surface area contributed by atoms with Crippen LogP contribution in [0.5, 0.6) is 0 Å². The van der Waals surface area contributed by atoms with Gasteiger partial charge in [-0.15, -0.1) is 0 Å². The summed E-state index contributed by atoms with van der Waals surface area (Å²) < 4.78 is 22.5. The van der Waals surface area contributed by atoms with E-state index in [2.05, 4.69) is 5.32 Å². The van der Waals surface area contributed by atoms with E-state index in [1.807, 2.05) is 6.92 Å². The molecule has 3 N–H and O–H groups in total. The van der Waals surface area contributed by atoms with Gasteiger partial charge in [-0.3, -0.25) is 4.79 Å². The van der Waals surface area contributed by atoms with Crippen molar-refractivity contribution < 1.29 is 13.2 Å². The average molecular weight is 303 g/mol. The molecule has 0 spiro atoms. The molecule has 0 fully saturated rings. The second-order valence-electron chi connectivity index (χ2n) is 3.94. The lowest BCUT2D eigenvalue weighted by Crippen LogP contribution is -2.15. The van der Waals surface area contributed by atoms with E-state index < -0.39 is 10.0 Å². The highest BCUT2D eigenvalue weighted by atomic mass is 35.5. The van der Waals surface area contributed by atoms with Crippen LogP contribution >= 0.6 is 11.6 Å². The predicted molar refractivity (Wildman–Crippen MR) is 75.5 cm³/mol. The lowest BCUT2D eigenvalue weighted by molar-refractivity contribution is -0.112. The first-order chi connectivity index (χ1) is 8.75. The minimum atomic E-state index is -3.83. The molecule has 7 heteroatoms. The first kappa shape index (κ1) is 15.7. The second-order valence-corrected chi connectivity index (χ2v) is 5.90. The number of nitrogens with one attached hydrogen (secondary N) is 1. The molecule has 19 heavy (non-hydrogen) atoms. The summed E-state index contributed by atoms with van der Waals surface area (Å²) in [4.78, 5) is 11.7. The van der Waals surface area contributed by atoms with Crippen molar-refractivity contribution in [2.75, 3.05) is 5.32 Å². The third-order valence-electron chi connectivity index (χ3n) is 2.38. The van der Waals surface area contributed by atoms with Crippen LogP contribution in [0.15, 0.2) is 34.7 Å². The molecule has 0 aromatic heterocycles. The van der Waals surface area contributed by atoms with E-state index in [4.69, 9.17) is 16.7 Å². The summed E-state index contributed by atoms with van der Waals surface area (Å²) in [5.41, 5.74) is 0.738. The Morgan fingerprint density at radius 3 is 2.63 bits per heavy atom. The maximum atomic E-state index is 11.8. The summed E-state index contributed by atoms with van der Waals surface area (Å²) in [6.45, 7) is 3.57. The summed E-state index contributed by atoms with van der Waals surface area (Å²) in [5, 5.41) is 7.81. The zero-order chi connectivity index (χ0) is 14.6. The molecule has 0 atom stereocenters. The minimum Gasteiger partial charge on any atom is -0.321 e. The number of anilines is 1. The molecule has 1 aromatic rings. The molecule has 0 saturated carbocycles. The van der Waals surface area contributed by atoms with E-state index in [1.165, 1.54) is 18.2 Å². The van der Waals surface area contributed by atoms with Gasteiger partial charge in [-0.05, 0) is 31.5 Å². The van der Waals surface area contributed by atoms with Gasteiger partial charge < -0.3 is 5.32 Å². The molecule has 104 valence electrons. The Kier molecular flexibility index (Phi) is 5.11. The van der Waals surface area contributed by atoms with Gasteiger partial charge in [-0.1, -0.05) is 24.6 Å². The standard InChI is InChI=1S/C12H15ClN2O3S/c1-3-4-8(2)12(16)15-11-7-9(19(14,17)18)5-6-10(11)13/h4-7H,3H2,1-2H3,(H,15,16)(H2,14,17,18)/b8-4-. The van der Waals surface area contributed by atoms with E-state index in [0.717, 1.165) is 6.42 Å².